The number of nitrogens with zero attached hydrogens (tertiary/aromatic N) is 4. The van der Waals surface area contributed by atoms with Gasteiger partial charge < -0.3 is 21.5 Å². The first-order chi connectivity index (χ1) is 18.8. The fraction of sp³-hybridized carbons (Fsp3) is 0.207. The first kappa shape index (κ1) is 27.1. The topological polar surface area (TPSA) is 156 Å². The summed E-state index contributed by atoms with van der Waals surface area (Å²) >= 11 is 0. The number of piperidine rings is 1. The number of anilines is 2. The Bertz CT molecular complexity index is 1440. The Labute approximate surface area is 225 Å². The van der Waals surface area contributed by atoms with Gasteiger partial charge in [-0.25, -0.2) is 9.78 Å². The summed E-state index contributed by atoms with van der Waals surface area (Å²) in [5.41, 5.74) is 13.3. The minimum Gasteiger partial charge on any atom is -0.480 e. The van der Waals surface area contributed by atoms with Gasteiger partial charge in [-0.1, -0.05) is 24.3 Å². The predicted molar refractivity (Wildman–Crippen MR) is 149 cm³/mol. The summed E-state index contributed by atoms with van der Waals surface area (Å²) in [6.45, 7) is 1.11. The van der Waals surface area contributed by atoms with Crippen molar-refractivity contribution in [2.24, 2.45) is 5.73 Å². The number of aliphatic carboxylic acids is 1. The number of primary amides is 1. The maximum atomic E-state index is 12.8. The van der Waals surface area contributed by atoms with Gasteiger partial charge in [-0.2, -0.15) is 0 Å². The standard InChI is InChI=1S/C18H15N3O3.C11H15N3O/c19-17-15-10-13(7-6-12(15)8-9-20-17)18(24)21(11-16(22)23)14-4-2-1-3-5-14;12-11(15)14-7-3-10(4-8-14)9-1-5-13-6-2-9/h1-10H,11H2,(H2,19,20)(H,22,23);1-2,5-6,10H,3-4,7-8H2,(H2,12,15). The molecule has 0 aliphatic carbocycles. The SMILES string of the molecule is NC(=O)N1CCC(c2ccncc2)CC1.Nc1nccc2ccc(C(=O)N(CC(=O)O)c3ccccc3)cc12. The Morgan fingerprint density at radius 1 is 0.949 bits per heavy atom. The zero-order chi connectivity index (χ0) is 27.8. The van der Waals surface area contributed by atoms with Crippen molar-refractivity contribution in [2.75, 3.05) is 30.3 Å². The quantitative estimate of drug-likeness (QED) is 0.356. The monoisotopic (exact) mass is 526 g/mol. The average molecular weight is 527 g/mol. The number of fused-ring (bicyclic) bond motifs is 1. The number of aromatic nitrogens is 2. The number of nitrogens with two attached hydrogens (primary N) is 2. The minimum atomic E-state index is -1.09. The Morgan fingerprint density at radius 2 is 1.64 bits per heavy atom. The number of carboxylic acids is 1. The highest BCUT2D eigenvalue weighted by Crippen LogP contribution is 2.27. The molecule has 5 N–H and O–H groups in total. The Hall–Kier alpha value is -4.99. The van der Waals surface area contributed by atoms with Crippen LogP contribution in [0.1, 0.15) is 34.7 Å². The number of rotatable bonds is 5. The molecule has 2 aromatic carbocycles. The Kier molecular flexibility index (Phi) is 8.67. The van der Waals surface area contributed by atoms with Crippen molar-refractivity contribution < 1.29 is 19.5 Å². The number of urea groups is 1. The smallest absolute Gasteiger partial charge is 0.323 e. The number of amides is 3. The van der Waals surface area contributed by atoms with E-state index >= 15 is 0 Å². The van der Waals surface area contributed by atoms with Crippen LogP contribution in [0.4, 0.5) is 16.3 Å². The maximum absolute atomic E-state index is 12.8. The Balaban J connectivity index is 0.000000202. The van der Waals surface area contributed by atoms with Gasteiger partial charge >= 0.3 is 12.0 Å². The molecule has 10 nitrogen and oxygen atoms in total. The molecule has 3 amide bonds. The van der Waals surface area contributed by atoms with Crippen LogP contribution in [-0.4, -0.2) is 57.5 Å². The molecule has 3 heterocycles. The van der Waals surface area contributed by atoms with Crippen LogP contribution in [0.15, 0.2) is 85.3 Å². The van der Waals surface area contributed by atoms with Crippen LogP contribution >= 0.6 is 0 Å². The van der Waals surface area contributed by atoms with E-state index in [1.807, 2.05) is 24.5 Å². The highest BCUT2D eigenvalue weighted by Gasteiger charge is 2.22. The van der Waals surface area contributed by atoms with Gasteiger partial charge in [0.2, 0.25) is 0 Å². The van der Waals surface area contributed by atoms with Crippen molar-refractivity contribution in [1.29, 1.82) is 0 Å². The lowest BCUT2D eigenvalue weighted by Gasteiger charge is -2.30. The summed E-state index contributed by atoms with van der Waals surface area (Å²) in [5.74, 6) is -0.627. The van der Waals surface area contributed by atoms with Crippen LogP contribution in [-0.2, 0) is 4.79 Å². The lowest BCUT2D eigenvalue weighted by molar-refractivity contribution is -0.135. The fourth-order valence-electron chi connectivity index (χ4n) is 4.57. The van der Waals surface area contributed by atoms with E-state index in [1.54, 1.807) is 65.7 Å². The van der Waals surface area contributed by atoms with Crippen molar-refractivity contribution >= 4 is 40.2 Å². The number of pyridine rings is 2. The van der Waals surface area contributed by atoms with Crippen molar-refractivity contribution in [1.82, 2.24) is 14.9 Å². The van der Waals surface area contributed by atoms with Crippen LogP contribution in [0.25, 0.3) is 10.8 Å². The molecule has 0 saturated carbocycles. The first-order valence-corrected chi connectivity index (χ1v) is 12.5. The molecule has 1 aliphatic heterocycles. The second kappa shape index (κ2) is 12.5. The molecule has 2 aromatic heterocycles. The van der Waals surface area contributed by atoms with Gasteiger partial charge in [-0.15, -0.1) is 0 Å². The number of likely N-dealkylation sites (tertiary alicyclic amines) is 1. The molecule has 0 radical (unpaired) electrons. The van der Waals surface area contributed by atoms with E-state index in [0.29, 0.717) is 28.4 Å². The number of hydrogen-bond acceptors (Lipinski definition) is 6. The van der Waals surface area contributed by atoms with Crippen molar-refractivity contribution in [3.63, 3.8) is 0 Å². The molecule has 1 saturated heterocycles. The van der Waals surface area contributed by atoms with Crippen LogP contribution in [0, 0.1) is 0 Å². The van der Waals surface area contributed by atoms with Gasteiger partial charge in [-0.3, -0.25) is 19.5 Å². The summed E-state index contributed by atoms with van der Waals surface area (Å²) in [4.78, 5) is 45.9. The first-order valence-electron chi connectivity index (χ1n) is 12.5. The van der Waals surface area contributed by atoms with E-state index in [9.17, 15) is 14.4 Å². The number of benzene rings is 2. The number of carboxylic acid groups (broad SMARTS) is 1. The zero-order valence-electron chi connectivity index (χ0n) is 21.3. The number of carbonyl (C=O) groups is 3. The van der Waals surface area contributed by atoms with Crippen molar-refractivity contribution in [2.45, 2.75) is 18.8 Å². The molecule has 5 rings (SSSR count). The fourth-order valence-corrected chi connectivity index (χ4v) is 4.57. The predicted octanol–water partition coefficient (Wildman–Crippen LogP) is 3.89. The number of carbonyl (C=O) groups excluding carboxylic acids is 2. The minimum absolute atomic E-state index is 0.303. The molecular weight excluding hydrogens is 496 g/mol. The van der Waals surface area contributed by atoms with Crippen LogP contribution < -0.4 is 16.4 Å². The summed E-state index contributed by atoms with van der Waals surface area (Å²) in [5, 5.41) is 10.7. The largest absolute Gasteiger partial charge is 0.480 e. The van der Waals surface area contributed by atoms with E-state index in [2.05, 4.69) is 9.97 Å². The summed E-state index contributed by atoms with van der Waals surface area (Å²) in [6.07, 6.45) is 7.21. The summed E-state index contributed by atoms with van der Waals surface area (Å²) < 4.78 is 0. The van der Waals surface area contributed by atoms with Crippen LogP contribution in [0.3, 0.4) is 0 Å². The molecule has 4 aromatic rings. The highest BCUT2D eigenvalue weighted by atomic mass is 16.4. The van der Waals surface area contributed by atoms with Crippen molar-refractivity contribution in [3.05, 3.63) is 96.4 Å². The van der Waals surface area contributed by atoms with E-state index < -0.39 is 18.4 Å². The van der Waals surface area contributed by atoms with Crippen LogP contribution in [0.2, 0.25) is 0 Å². The zero-order valence-corrected chi connectivity index (χ0v) is 21.3. The van der Waals surface area contributed by atoms with Gasteiger partial charge in [0.1, 0.15) is 12.4 Å². The number of hydrogen-bond donors (Lipinski definition) is 3. The lowest BCUT2D eigenvalue weighted by Crippen LogP contribution is -2.41. The molecule has 1 fully saturated rings. The van der Waals surface area contributed by atoms with Gasteiger partial charge in [0.25, 0.3) is 5.91 Å². The van der Waals surface area contributed by atoms with Gasteiger partial charge in [0.05, 0.1) is 0 Å². The van der Waals surface area contributed by atoms with Gasteiger partial charge in [0.15, 0.2) is 0 Å². The van der Waals surface area contributed by atoms with E-state index in [4.69, 9.17) is 16.6 Å². The molecule has 0 bridgehead atoms. The molecule has 10 heteroatoms. The van der Waals surface area contributed by atoms with Gasteiger partial charge in [-0.05, 0) is 72.2 Å². The molecular formula is C29H30N6O4. The number of para-hydroxylation sites is 1. The molecule has 0 unspecified atom stereocenters. The molecule has 200 valence electrons. The lowest BCUT2D eigenvalue weighted by atomic mass is 9.90. The highest BCUT2D eigenvalue weighted by molar-refractivity contribution is 6.10. The normalized spacial score (nSPS) is 13.3. The number of nitrogen functional groups attached to an aromatic ring is 1. The maximum Gasteiger partial charge on any atom is 0.323 e. The van der Waals surface area contributed by atoms with Crippen molar-refractivity contribution in [3.8, 4) is 0 Å². The van der Waals surface area contributed by atoms with Crippen LogP contribution in [0.5, 0.6) is 0 Å². The van der Waals surface area contributed by atoms with Gasteiger partial charge in [0, 0.05) is 48.3 Å². The summed E-state index contributed by atoms with van der Waals surface area (Å²) in [6, 6.07) is 19.3. The third kappa shape index (κ3) is 6.86. The second-order valence-corrected chi connectivity index (χ2v) is 9.13. The molecule has 0 atom stereocenters. The molecule has 0 spiro atoms. The molecule has 39 heavy (non-hydrogen) atoms. The average Bonchev–Trinajstić information content (AvgIpc) is 2.97. The third-order valence-corrected chi connectivity index (χ3v) is 6.63. The summed E-state index contributed by atoms with van der Waals surface area (Å²) in [7, 11) is 0. The second-order valence-electron chi connectivity index (χ2n) is 9.13. The van der Waals surface area contributed by atoms with E-state index in [0.717, 1.165) is 31.3 Å². The third-order valence-electron chi connectivity index (χ3n) is 6.63. The van der Waals surface area contributed by atoms with E-state index in [-0.39, 0.29) is 6.03 Å². The molecule has 1 aliphatic rings. The Morgan fingerprint density at radius 3 is 2.28 bits per heavy atom. The van der Waals surface area contributed by atoms with E-state index in [1.165, 1.54) is 10.5 Å².